The van der Waals surface area contributed by atoms with Crippen molar-refractivity contribution < 1.29 is 4.79 Å². The number of benzene rings is 2. The molecule has 0 aliphatic carbocycles. The van der Waals surface area contributed by atoms with Crippen LogP contribution < -0.4 is 10.9 Å². The molecule has 0 aliphatic rings. The van der Waals surface area contributed by atoms with Crippen LogP contribution in [0.5, 0.6) is 0 Å². The van der Waals surface area contributed by atoms with E-state index in [-0.39, 0.29) is 17.2 Å². The van der Waals surface area contributed by atoms with Gasteiger partial charge in [-0.15, -0.1) is 11.3 Å². The first-order valence-electron chi connectivity index (χ1n) is 9.19. The van der Waals surface area contributed by atoms with Crippen LogP contribution >= 0.6 is 34.7 Å². The van der Waals surface area contributed by atoms with Crippen LogP contribution in [0.25, 0.3) is 15.9 Å². The first-order chi connectivity index (χ1) is 14.4. The maximum Gasteiger partial charge on any atom is 0.276 e. The van der Waals surface area contributed by atoms with E-state index in [2.05, 4.69) is 10.3 Å². The van der Waals surface area contributed by atoms with Crippen LogP contribution in [-0.4, -0.2) is 21.2 Å². The zero-order valence-electron chi connectivity index (χ0n) is 16.3. The molecule has 0 fully saturated rings. The monoisotopic (exact) mass is 455 g/mol. The molecule has 30 heavy (non-hydrogen) atoms. The number of nitrogens with one attached hydrogen (secondary N) is 1. The standard InChI is InChI=1S/C22H18ClN3O2S2/c1-13-5-3-6-15(11-13)26-21(28)20-18(9-10-29-20)25-22(26)30-12-19(27)24-17-8-4-7-16(23)14(17)2/h3-11H,12H2,1-2H3,(H,24,27). The number of nitrogens with zero attached hydrogens (tertiary/aromatic N) is 2. The van der Waals surface area contributed by atoms with Crippen LogP contribution in [0.3, 0.4) is 0 Å². The lowest BCUT2D eigenvalue weighted by Crippen LogP contribution is -2.22. The summed E-state index contributed by atoms with van der Waals surface area (Å²) in [5.41, 5.74) is 3.77. The van der Waals surface area contributed by atoms with Gasteiger partial charge in [0.05, 0.1) is 17.0 Å². The van der Waals surface area contributed by atoms with Gasteiger partial charge in [0.15, 0.2) is 5.16 Å². The first kappa shape index (κ1) is 20.7. The summed E-state index contributed by atoms with van der Waals surface area (Å²) in [4.78, 5) is 30.4. The van der Waals surface area contributed by atoms with Crippen molar-refractivity contribution in [1.82, 2.24) is 9.55 Å². The minimum Gasteiger partial charge on any atom is -0.325 e. The van der Waals surface area contributed by atoms with Crippen molar-refractivity contribution in [3.05, 3.63) is 80.4 Å². The smallest absolute Gasteiger partial charge is 0.276 e. The van der Waals surface area contributed by atoms with Crippen molar-refractivity contribution in [3.8, 4) is 5.69 Å². The summed E-state index contributed by atoms with van der Waals surface area (Å²) in [6.45, 7) is 3.83. The van der Waals surface area contributed by atoms with Gasteiger partial charge < -0.3 is 5.32 Å². The van der Waals surface area contributed by atoms with Crippen molar-refractivity contribution in [2.24, 2.45) is 0 Å². The average Bonchev–Trinajstić information content (AvgIpc) is 3.19. The maximum absolute atomic E-state index is 13.1. The Hall–Kier alpha value is -2.61. The Bertz CT molecular complexity index is 1310. The number of thiophene rings is 1. The molecular formula is C22H18ClN3O2S2. The zero-order valence-corrected chi connectivity index (χ0v) is 18.7. The number of aryl methyl sites for hydroxylation is 1. The second-order valence-corrected chi connectivity index (χ2v) is 9.02. The topological polar surface area (TPSA) is 64.0 Å². The SMILES string of the molecule is Cc1cccc(-n2c(SCC(=O)Nc3cccc(Cl)c3C)nc3ccsc3c2=O)c1. The molecule has 0 aliphatic heterocycles. The largest absolute Gasteiger partial charge is 0.325 e. The normalized spacial score (nSPS) is 11.0. The van der Waals surface area contributed by atoms with Crippen molar-refractivity contribution in [1.29, 1.82) is 0 Å². The number of fused-ring (bicyclic) bond motifs is 1. The molecular weight excluding hydrogens is 438 g/mol. The number of halogens is 1. The highest BCUT2D eigenvalue weighted by Crippen LogP contribution is 2.26. The van der Waals surface area contributed by atoms with Gasteiger partial charge in [0.25, 0.3) is 5.56 Å². The molecule has 5 nitrogen and oxygen atoms in total. The third kappa shape index (κ3) is 4.14. The van der Waals surface area contributed by atoms with Gasteiger partial charge in [0.1, 0.15) is 4.70 Å². The Morgan fingerprint density at radius 2 is 2.00 bits per heavy atom. The Morgan fingerprint density at radius 3 is 2.80 bits per heavy atom. The van der Waals surface area contributed by atoms with Gasteiger partial charge in [-0.1, -0.05) is 41.6 Å². The van der Waals surface area contributed by atoms with Crippen LogP contribution in [0.2, 0.25) is 5.02 Å². The summed E-state index contributed by atoms with van der Waals surface area (Å²) in [5.74, 6) is -0.0827. The third-order valence-corrected chi connectivity index (χ3v) is 6.82. The van der Waals surface area contributed by atoms with Gasteiger partial charge in [-0.05, 0) is 60.7 Å². The molecule has 0 bridgehead atoms. The van der Waals surface area contributed by atoms with Crippen LogP contribution in [0, 0.1) is 13.8 Å². The number of hydrogen-bond acceptors (Lipinski definition) is 5. The molecule has 4 rings (SSSR count). The summed E-state index contributed by atoms with van der Waals surface area (Å²) in [6.07, 6.45) is 0. The summed E-state index contributed by atoms with van der Waals surface area (Å²) >= 11 is 8.73. The highest BCUT2D eigenvalue weighted by Gasteiger charge is 2.16. The van der Waals surface area contributed by atoms with Crippen LogP contribution in [0.4, 0.5) is 5.69 Å². The lowest BCUT2D eigenvalue weighted by Gasteiger charge is -2.13. The van der Waals surface area contributed by atoms with Gasteiger partial charge >= 0.3 is 0 Å². The summed E-state index contributed by atoms with van der Waals surface area (Å²) in [5, 5.41) is 5.81. The highest BCUT2D eigenvalue weighted by atomic mass is 35.5. The van der Waals surface area contributed by atoms with Gasteiger partial charge in [0.2, 0.25) is 5.91 Å². The molecule has 2 aromatic carbocycles. The number of aromatic nitrogens is 2. The van der Waals surface area contributed by atoms with E-state index < -0.39 is 0 Å². The fourth-order valence-electron chi connectivity index (χ4n) is 3.04. The molecule has 0 unspecified atom stereocenters. The second-order valence-electron chi connectivity index (χ2n) is 6.76. The lowest BCUT2D eigenvalue weighted by molar-refractivity contribution is -0.113. The number of carbonyl (C=O) groups is 1. The van der Waals surface area contributed by atoms with Gasteiger partial charge in [0, 0.05) is 10.7 Å². The third-order valence-electron chi connectivity index (χ3n) is 4.58. The molecule has 2 heterocycles. The predicted molar refractivity (Wildman–Crippen MR) is 125 cm³/mol. The first-order valence-corrected chi connectivity index (χ1v) is 11.4. The van der Waals surface area contributed by atoms with E-state index in [0.29, 0.717) is 26.1 Å². The molecule has 0 saturated carbocycles. The van der Waals surface area contributed by atoms with E-state index in [1.165, 1.54) is 23.1 Å². The van der Waals surface area contributed by atoms with E-state index >= 15 is 0 Å². The molecule has 4 aromatic rings. The van der Waals surface area contributed by atoms with Gasteiger partial charge in [-0.2, -0.15) is 0 Å². The number of carbonyl (C=O) groups excluding carboxylic acids is 1. The van der Waals surface area contributed by atoms with Crippen molar-refractivity contribution in [2.75, 3.05) is 11.1 Å². The van der Waals surface area contributed by atoms with Crippen molar-refractivity contribution in [2.45, 2.75) is 19.0 Å². The number of thioether (sulfide) groups is 1. The number of rotatable bonds is 5. The second kappa shape index (κ2) is 8.63. The lowest BCUT2D eigenvalue weighted by atomic mass is 10.2. The molecule has 0 saturated heterocycles. The summed E-state index contributed by atoms with van der Waals surface area (Å²) in [7, 11) is 0. The molecule has 1 amide bonds. The Labute approximate surface area is 186 Å². The van der Waals surface area contributed by atoms with E-state index in [1.807, 2.05) is 55.6 Å². The minimum absolute atomic E-state index is 0.111. The van der Waals surface area contributed by atoms with Crippen molar-refractivity contribution in [3.63, 3.8) is 0 Å². The van der Waals surface area contributed by atoms with Crippen LogP contribution in [0.1, 0.15) is 11.1 Å². The maximum atomic E-state index is 13.1. The van der Waals surface area contributed by atoms with Crippen LogP contribution in [-0.2, 0) is 4.79 Å². The Morgan fingerprint density at radius 1 is 1.20 bits per heavy atom. The quantitative estimate of drug-likeness (QED) is 0.321. The van der Waals surface area contributed by atoms with Gasteiger partial charge in [-0.3, -0.25) is 14.2 Å². The number of hydrogen-bond donors (Lipinski definition) is 1. The highest BCUT2D eigenvalue weighted by molar-refractivity contribution is 7.99. The zero-order chi connectivity index (χ0) is 21.3. The number of anilines is 1. The molecule has 1 N–H and O–H groups in total. The molecule has 0 atom stereocenters. The fourth-order valence-corrected chi connectivity index (χ4v) is 4.79. The molecule has 2 aromatic heterocycles. The Balaban J connectivity index is 1.65. The average molecular weight is 456 g/mol. The van der Waals surface area contributed by atoms with E-state index in [0.717, 1.165) is 16.8 Å². The Kier molecular flexibility index (Phi) is 5.94. The van der Waals surface area contributed by atoms with E-state index in [4.69, 9.17) is 11.6 Å². The number of amides is 1. The minimum atomic E-state index is -0.194. The van der Waals surface area contributed by atoms with Gasteiger partial charge in [-0.25, -0.2) is 4.98 Å². The predicted octanol–water partition coefficient (Wildman–Crippen LogP) is 5.45. The van der Waals surface area contributed by atoms with Crippen LogP contribution in [0.15, 0.2) is 63.9 Å². The molecule has 0 radical (unpaired) electrons. The summed E-state index contributed by atoms with van der Waals surface area (Å²) in [6, 6.07) is 14.9. The molecule has 0 spiro atoms. The van der Waals surface area contributed by atoms with Crippen molar-refractivity contribution >= 4 is 56.5 Å². The fraction of sp³-hybridized carbons (Fsp3) is 0.136. The summed E-state index contributed by atoms with van der Waals surface area (Å²) < 4.78 is 2.17. The molecule has 152 valence electrons. The molecule has 8 heteroatoms. The van der Waals surface area contributed by atoms with E-state index in [9.17, 15) is 9.59 Å². The van der Waals surface area contributed by atoms with E-state index in [1.54, 1.807) is 16.7 Å².